The molecule has 0 fully saturated rings. The first-order valence-electron chi connectivity index (χ1n) is 9.50. The SMILES string of the molecule is CCOC(=O)C1=C(C)N=c2s/c(=C/c3ccccc3)c(=O)n2C1c1ccccc1Cl. The first-order valence-corrected chi connectivity index (χ1v) is 10.7. The second-order valence-corrected chi connectivity index (χ2v) is 8.15. The number of aromatic nitrogens is 1. The summed E-state index contributed by atoms with van der Waals surface area (Å²) in [6.45, 7) is 3.72. The van der Waals surface area contributed by atoms with Crippen molar-refractivity contribution in [1.29, 1.82) is 0 Å². The van der Waals surface area contributed by atoms with Gasteiger partial charge in [-0.1, -0.05) is 71.5 Å². The summed E-state index contributed by atoms with van der Waals surface area (Å²) in [4.78, 5) is 31.3. The average Bonchev–Trinajstić information content (AvgIpc) is 3.03. The summed E-state index contributed by atoms with van der Waals surface area (Å²) >= 11 is 7.77. The third-order valence-corrected chi connectivity index (χ3v) is 6.14. The molecule has 152 valence electrons. The van der Waals surface area contributed by atoms with Crippen LogP contribution in [0, 0.1) is 0 Å². The van der Waals surface area contributed by atoms with E-state index in [2.05, 4.69) is 4.99 Å². The number of esters is 1. The Morgan fingerprint density at radius 3 is 2.60 bits per heavy atom. The van der Waals surface area contributed by atoms with E-state index in [1.54, 1.807) is 24.5 Å². The largest absolute Gasteiger partial charge is 0.463 e. The van der Waals surface area contributed by atoms with Gasteiger partial charge in [0.05, 0.1) is 22.4 Å². The zero-order chi connectivity index (χ0) is 21.3. The lowest BCUT2D eigenvalue weighted by Crippen LogP contribution is -2.40. The van der Waals surface area contributed by atoms with Crippen LogP contribution in [0.2, 0.25) is 5.02 Å². The summed E-state index contributed by atoms with van der Waals surface area (Å²) in [5.74, 6) is -0.499. The maximum absolute atomic E-state index is 13.4. The van der Waals surface area contributed by atoms with Crippen LogP contribution in [0.5, 0.6) is 0 Å². The standard InChI is InChI=1S/C23H19ClN2O3S/c1-3-29-22(28)19-14(2)25-23-26(20(19)16-11-7-8-12-17(16)24)21(27)18(30-23)13-15-9-5-4-6-10-15/h4-13,20H,3H2,1-2H3/b18-13+. The van der Waals surface area contributed by atoms with Gasteiger partial charge in [-0.05, 0) is 37.1 Å². The zero-order valence-electron chi connectivity index (χ0n) is 16.5. The van der Waals surface area contributed by atoms with Gasteiger partial charge < -0.3 is 4.74 Å². The summed E-state index contributed by atoms with van der Waals surface area (Å²) in [5, 5.41) is 0.469. The number of benzene rings is 2. The topological polar surface area (TPSA) is 60.7 Å². The number of thiazole rings is 1. The summed E-state index contributed by atoms with van der Waals surface area (Å²) in [5.41, 5.74) is 2.19. The fourth-order valence-electron chi connectivity index (χ4n) is 3.48. The number of carbonyl (C=O) groups excluding carboxylic acids is 1. The minimum absolute atomic E-state index is 0.221. The first kappa shape index (κ1) is 20.3. The van der Waals surface area contributed by atoms with Gasteiger partial charge in [0.25, 0.3) is 5.56 Å². The molecule has 4 rings (SSSR count). The van der Waals surface area contributed by atoms with Crippen LogP contribution in [0.1, 0.15) is 31.0 Å². The van der Waals surface area contributed by atoms with Crippen LogP contribution >= 0.6 is 22.9 Å². The molecule has 2 aromatic carbocycles. The molecule has 7 heteroatoms. The minimum atomic E-state index is -0.702. The van der Waals surface area contributed by atoms with Crippen LogP contribution in [-0.2, 0) is 9.53 Å². The molecule has 0 bridgehead atoms. The van der Waals surface area contributed by atoms with Crippen molar-refractivity contribution >= 4 is 35.0 Å². The van der Waals surface area contributed by atoms with Gasteiger partial charge in [0.1, 0.15) is 6.04 Å². The number of rotatable bonds is 4. The lowest BCUT2D eigenvalue weighted by Gasteiger charge is -2.25. The summed E-state index contributed by atoms with van der Waals surface area (Å²) in [6, 6.07) is 16.1. The first-order chi connectivity index (χ1) is 14.5. The summed E-state index contributed by atoms with van der Waals surface area (Å²) in [6.07, 6.45) is 1.83. The predicted molar refractivity (Wildman–Crippen MR) is 118 cm³/mol. The van der Waals surface area contributed by atoms with E-state index in [9.17, 15) is 9.59 Å². The Morgan fingerprint density at radius 2 is 1.90 bits per heavy atom. The van der Waals surface area contributed by atoms with E-state index in [0.717, 1.165) is 5.56 Å². The molecule has 0 saturated carbocycles. The van der Waals surface area contributed by atoms with Crippen LogP contribution in [-0.4, -0.2) is 17.1 Å². The Morgan fingerprint density at radius 1 is 1.20 bits per heavy atom. The number of ether oxygens (including phenoxy) is 1. The lowest BCUT2D eigenvalue weighted by molar-refractivity contribution is -0.139. The second kappa shape index (κ2) is 8.42. The molecule has 0 saturated heterocycles. The van der Waals surface area contributed by atoms with Crippen LogP contribution < -0.4 is 14.9 Å². The molecule has 0 aliphatic carbocycles. The average molecular weight is 439 g/mol. The molecule has 1 atom stereocenters. The molecule has 1 aromatic heterocycles. The molecule has 1 aliphatic heterocycles. The smallest absolute Gasteiger partial charge is 0.338 e. The minimum Gasteiger partial charge on any atom is -0.463 e. The molecule has 3 aromatic rings. The van der Waals surface area contributed by atoms with E-state index in [1.165, 1.54) is 11.3 Å². The number of hydrogen-bond donors (Lipinski definition) is 0. The second-order valence-electron chi connectivity index (χ2n) is 6.73. The zero-order valence-corrected chi connectivity index (χ0v) is 18.0. The number of nitrogens with zero attached hydrogens (tertiary/aromatic N) is 2. The highest BCUT2D eigenvalue weighted by Crippen LogP contribution is 2.34. The van der Waals surface area contributed by atoms with E-state index in [-0.39, 0.29) is 12.2 Å². The Hall–Kier alpha value is -2.96. The molecule has 0 radical (unpaired) electrons. The third kappa shape index (κ3) is 3.64. The number of hydrogen-bond acceptors (Lipinski definition) is 5. The molecule has 1 unspecified atom stereocenters. The molecule has 2 heterocycles. The van der Waals surface area contributed by atoms with Gasteiger partial charge in [-0.15, -0.1) is 0 Å². The summed E-state index contributed by atoms with van der Waals surface area (Å²) < 4.78 is 7.36. The lowest BCUT2D eigenvalue weighted by atomic mass is 9.96. The fourth-order valence-corrected chi connectivity index (χ4v) is 4.77. The van der Waals surface area contributed by atoms with E-state index >= 15 is 0 Å². The third-order valence-electron chi connectivity index (χ3n) is 4.81. The van der Waals surface area contributed by atoms with Gasteiger partial charge in [0, 0.05) is 5.02 Å². The fraction of sp³-hybridized carbons (Fsp3) is 0.174. The normalized spacial score (nSPS) is 16.2. The Balaban J connectivity index is 1.99. The molecule has 0 N–H and O–H groups in total. The Bertz CT molecular complexity index is 1320. The Labute approximate surface area is 182 Å². The molecule has 5 nitrogen and oxygen atoms in total. The van der Waals surface area contributed by atoms with Crippen molar-refractivity contribution < 1.29 is 9.53 Å². The highest BCUT2D eigenvalue weighted by atomic mass is 35.5. The summed E-state index contributed by atoms with van der Waals surface area (Å²) in [7, 11) is 0. The highest BCUT2D eigenvalue weighted by molar-refractivity contribution is 7.07. The van der Waals surface area contributed by atoms with E-state index in [4.69, 9.17) is 16.3 Å². The predicted octanol–water partition coefficient (Wildman–Crippen LogP) is 3.45. The molecular formula is C23H19ClN2O3S. The number of fused-ring (bicyclic) bond motifs is 1. The van der Waals surface area contributed by atoms with Crippen molar-refractivity contribution in [1.82, 2.24) is 4.57 Å². The van der Waals surface area contributed by atoms with Crippen molar-refractivity contribution in [2.75, 3.05) is 6.61 Å². The molecule has 30 heavy (non-hydrogen) atoms. The van der Waals surface area contributed by atoms with E-state index in [1.807, 2.05) is 54.6 Å². The quantitative estimate of drug-likeness (QED) is 0.586. The number of carbonyl (C=O) groups is 1. The monoisotopic (exact) mass is 438 g/mol. The van der Waals surface area contributed by atoms with Gasteiger partial charge in [0.2, 0.25) is 0 Å². The van der Waals surface area contributed by atoms with Crippen molar-refractivity contribution in [2.24, 2.45) is 4.99 Å². The molecule has 1 aliphatic rings. The van der Waals surface area contributed by atoms with Gasteiger partial charge in [-0.25, -0.2) is 9.79 Å². The van der Waals surface area contributed by atoms with Crippen molar-refractivity contribution in [3.05, 3.63) is 102 Å². The van der Waals surface area contributed by atoms with Gasteiger partial charge in [-0.3, -0.25) is 9.36 Å². The molecular weight excluding hydrogens is 420 g/mol. The number of allylic oxidation sites excluding steroid dienone is 1. The van der Waals surface area contributed by atoms with Crippen molar-refractivity contribution in [2.45, 2.75) is 19.9 Å². The van der Waals surface area contributed by atoms with Crippen LogP contribution in [0.3, 0.4) is 0 Å². The van der Waals surface area contributed by atoms with Crippen LogP contribution in [0.4, 0.5) is 0 Å². The van der Waals surface area contributed by atoms with Crippen molar-refractivity contribution in [3.8, 4) is 0 Å². The van der Waals surface area contributed by atoms with Gasteiger partial charge >= 0.3 is 5.97 Å². The molecule has 0 spiro atoms. The number of halogens is 1. The van der Waals surface area contributed by atoms with Crippen LogP contribution in [0.15, 0.2) is 75.7 Å². The van der Waals surface area contributed by atoms with Crippen molar-refractivity contribution in [3.63, 3.8) is 0 Å². The maximum atomic E-state index is 13.4. The van der Waals surface area contributed by atoms with Gasteiger partial charge in [0.15, 0.2) is 4.80 Å². The van der Waals surface area contributed by atoms with E-state index < -0.39 is 12.0 Å². The van der Waals surface area contributed by atoms with E-state index in [0.29, 0.717) is 31.2 Å². The van der Waals surface area contributed by atoms with Crippen LogP contribution in [0.25, 0.3) is 6.08 Å². The highest BCUT2D eigenvalue weighted by Gasteiger charge is 2.34. The Kier molecular flexibility index (Phi) is 5.70. The molecule has 0 amide bonds. The van der Waals surface area contributed by atoms with Gasteiger partial charge in [-0.2, -0.15) is 0 Å². The maximum Gasteiger partial charge on any atom is 0.338 e.